The molecule has 0 saturated carbocycles. The molecule has 1 aliphatic rings. The first-order valence-corrected chi connectivity index (χ1v) is 11.8. The molecule has 1 heterocycles. The third-order valence-corrected chi connectivity index (χ3v) is 6.70. The van der Waals surface area contributed by atoms with Crippen molar-refractivity contribution in [2.24, 2.45) is 5.41 Å². The standard InChI is InChI=1S/C27H34N2O4/c1-6-9-23(21-12-10-18(4)11-13-21)28-26(32)29-24(31)27(7-2,8-3)25(29)33-22-16-14-20(15-17-22)19(5)30/h10-17,23,25H,6-9H2,1-5H3,(H,28,32)/t23-,25+/m1/s1. The molecule has 0 unspecified atom stereocenters. The van der Waals surface area contributed by atoms with E-state index < -0.39 is 17.7 Å². The van der Waals surface area contributed by atoms with Crippen LogP contribution < -0.4 is 10.1 Å². The summed E-state index contributed by atoms with van der Waals surface area (Å²) in [5.74, 6) is 0.274. The highest BCUT2D eigenvalue weighted by molar-refractivity contribution is 6.03. The van der Waals surface area contributed by atoms with E-state index in [2.05, 4.69) is 12.2 Å². The number of nitrogens with zero attached hydrogens (tertiary/aromatic N) is 1. The minimum atomic E-state index is -0.749. The molecule has 0 bridgehead atoms. The van der Waals surface area contributed by atoms with Crippen molar-refractivity contribution in [1.82, 2.24) is 10.2 Å². The van der Waals surface area contributed by atoms with Crippen LogP contribution in [0.2, 0.25) is 0 Å². The molecule has 2 atom stereocenters. The number of rotatable bonds is 9. The van der Waals surface area contributed by atoms with Crippen LogP contribution in [0, 0.1) is 12.3 Å². The van der Waals surface area contributed by atoms with E-state index in [1.807, 2.05) is 45.0 Å². The Balaban J connectivity index is 1.83. The third kappa shape index (κ3) is 4.80. The number of aryl methyl sites for hydroxylation is 1. The van der Waals surface area contributed by atoms with Crippen molar-refractivity contribution in [3.05, 3.63) is 65.2 Å². The summed E-state index contributed by atoms with van der Waals surface area (Å²) in [6, 6.07) is 14.2. The average Bonchev–Trinajstić information content (AvgIpc) is 2.80. The number of likely N-dealkylation sites (tertiary alicyclic amines) is 1. The van der Waals surface area contributed by atoms with E-state index >= 15 is 0 Å². The summed E-state index contributed by atoms with van der Waals surface area (Å²) >= 11 is 0. The van der Waals surface area contributed by atoms with E-state index in [1.165, 1.54) is 11.8 Å². The van der Waals surface area contributed by atoms with Gasteiger partial charge in [-0.15, -0.1) is 0 Å². The maximum atomic E-state index is 13.3. The number of benzene rings is 2. The van der Waals surface area contributed by atoms with E-state index in [0.717, 1.165) is 24.0 Å². The monoisotopic (exact) mass is 450 g/mol. The van der Waals surface area contributed by atoms with Gasteiger partial charge in [0.05, 0.1) is 6.04 Å². The summed E-state index contributed by atoms with van der Waals surface area (Å²) in [5.41, 5.74) is 2.00. The first-order chi connectivity index (χ1) is 15.8. The topological polar surface area (TPSA) is 75.7 Å². The number of ether oxygens (including phenoxy) is 1. The number of Topliss-reactive ketones (excluding diaryl/α,β-unsaturated/α-hetero) is 1. The van der Waals surface area contributed by atoms with E-state index in [4.69, 9.17) is 4.74 Å². The molecule has 6 heteroatoms. The minimum absolute atomic E-state index is 0.0316. The van der Waals surface area contributed by atoms with Gasteiger partial charge in [-0.05, 0) is 62.9 Å². The van der Waals surface area contributed by atoms with Crippen LogP contribution in [0.15, 0.2) is 48.5 Å². The molecule has 0 aliphatic carbocycles. The predicted octanol–water partition coefficient (Wildman–Crippen LogP) is 5.80. The number of β-lactam (4-membered cyclic amide) rings is 1. The van der Waals surface area contributed by atoms with Crippen LogP contribution in [0.3, 0.4) is 0 Å². The molecule has 3 amide bonds. The lowest BCUT2D eigenvalue weighted by Crippen LogP contribution is -2.73. The first-order valence-electron chi connectivity index (χ1n) is 11.8. The van der Waals surface area contributed by atoms with Crippen molar-refractivity contribution in [2.45, 2.75) is 72.6 Å². The summed E-state index contributed by atoms with van der Waals surface area (Å²) in [5, 5.41) is 3.05. The SMILES string of the molecule is CCC[C@@H](NC(=O)N1C(=O)C(CC)(CC)[C@@H]1Oc1ccc(C(C)=O)cc1)c1ccc(C)cc1. The smallest absolute Gasteiger partial charge is 0.327 e. The van der Waals surface area contributed by atoms with Crippen LogP contribution in [0.5, 0.6) is 5.75 Å². The molecule has 1 N–H and O–H groups in total. The van der Waals surface area contributed by atoms with Crippen molar-refractivity contribution in [2.75, 3.05) is 0 Å². The van der Waals surface area contributed by atoms with Crippen LogP contribution >= 0.6 is 0 Å². The molecule has 0 radical (unpaired) electrons. The van der Waals surface area contributed by atoms with Crippen LogP contribution in [0.25, 0.3) is 0 Å². The summed E-state index contributed by atoms with van der Waals surface area (Å²) < 4.78 is 6.18. The second kappa shape index (κ2) is 10.2. The van der Waals surface area contributed by atoms with Gasteiger partial charge in [0, 0.05) is 5.56 Å². The molecule has 0 aromatic heterocycles. The van der Waals surface area contributed by atoms with Gasteiger partial charge in [0.2, 0.25) is 5.91 Å². The van der Waals surface area contributed by atoms with Gasteiger partial charge < -0.3 is 10.1 Å². The third-order valence-electron chi connectivity index (χ3n) is 6.70. The Bertz CT molecular complexity index is 994. The Hall–Kier alpha value is -3.15. The molecular formula is C27H34N2O4. The van der Waals surface area contributed by atoms with Gasteiger partial charge in [0.25, 0.3) is 0 Å². The van der Waals surface area contributed by atoms with E-state index in [0.29, 0.717) is 24.2 Å². The number of hydrogen-bond acceptors (Lipinski definition) is 4. The van der Waals surface area contributed by atoms with Crippen LogP contribution in [-0.4, -0.2) is 28.8 Å². The first kappa shape index (κ1) is 24.5. The van der Waals surface area contributed by atoms with E-state index in [-0.39, 0.29) is 17.7 Å². The van der Waals surface area contributed by atoms with Crippen LogP contribution in [0.1, 0.15) is 80.9 Å². The highest BCUT2D eigenvalue weighted by Crippen LogP contribution is 2.46. The Morgan fingerprint density at radius 3 is 2.15 bits per heavy atom. The molecule has 1 aliphatic heterocycles. The Kier molecular flexibility index (Phi) is 7.57. The maximum absolute atomic E-state index is 13.3. The fourth-order valence-electron chi connectivity index (χ4n) is 4.42. The predicted molar refractivity (Wildman–Crippen MR) is 128 cm³/mol. The van der Waals surface area contributed by atoms with Gasteiger partial charge in [-0.3, -0.25) is 9.59 Å². The average molecular weight is 451 g/mol. The largest absolute Gasteiger partial charge is 0.469 e. The maximum Gasteiger partial charge on any atom is 0.327 e. The van der Waals surface area contributed by atoms with Crippen LogP contribution in [-0.2, 0) is 4.79 Å². The molecule has 3 rings (SSSR count). The summed E-state index contributed by atoms with van der Waals surface area (Å²) in [6.07, 6.45) is 2.09. The second-order valence-electron chi connectivity index (χ2n) is 8.79. The molecular weight excluding hydrogens is 416 g/mol. The van der Waals surface area contributed by atoms with Gasteiger partial charge in [-0.2, -0.15) is 0 Å². The number of amides is 3. The Morgan fingerprint density at radius 1 is 1.03 bits per heavy atom. The van der Waals surface area contributed by atoms with E-state index in [9.17, 15) is 14.4 Å². The quantitative estimate of drug-likeness (QED) is 0.387. The number of ketones is 1. The molecule has 1 fully saturated rings. The van der Waals surface area contributed by atoms with Crippen molar-refractivity contribution in [3.8, 4) is 5.75 Å². The van der Waals surface area contributed by atoms with Crippen molar-refractivity contribution in [3.63, 3.8) is 0 Å². The summed E-state index contributed by atoms with van der Waals surface area (Å²) in [7, 11) is 0. The zero-order valence-corrected chi connectivity index (χ0v) is 20.2. The normalized spacial score (nSPS) is 17.8. The molecule has 2 aromatic rings. The van der Waals surface area contributed by atoms with Crippen molar-refractivity contribution < 1.29 is 19.1 Å². The molecule has 0 spiro atoms. The number of carbonyl (C=O) groups excluding carboxylic acids is 3. The fraction of sp³-hybridized carbons (Fsp3) is 0.444. The zero-order valence-electron chi connectivity index (χ0n) is 20.2. The fourth-order valence-corrected chi connectivity index (χ4v) is 4.42. The Morgan fingerprint density at radius 2 is 1.64 bits per heavy atom. The highest BCUT2D eigenvalue weighted by Gasteiger charge is 2.63. The number of nitrogens with one attached hydrogen (secondary N) is 1. The molecule has 2 aromatic carbocycles. The molecule has 176 valence electrons. The highest BCUT2D eigenvalue weighted by atomic mass is 16.5. The van der Waals surface area contributed by atoms with Gasteiger partial charge in [0.15, 0.2) is 12.0 Å². The van der Waals surface area contributed by atoms with Gasteiger partial charge in [-0.25, -0.2) is 9.69 Å². The van der Waals surface area contributed by atoms with Crippen molar-refractivity contribution >= 4 is 17.7 Å². The lowest BCUT2D eigenvalue weighted by atomic mass is 9.72. The number of imide groups is 1. The molecule has 33 heavy (non-hydrogen) atoms. The number of carbonyl (C=O) groups is 3. The summed E-state index contributed by atoms with van der Waals surface area (Å²) in [6.45, 7) is 9.48. The molecule has 1 saturated heterocycles. The second-order valence-corrected chi connectivity index (χ2v) is 8.79. The number of urea groups is 1. The minimum Gasteiger partial charge on any atom is -0.469 e. The van der Waals surface area contributed by atoms with Crippen LogP contribution in [0.4, 0.5) is 4.79 Å². The Labute approximate surface area is 196 Å². The number of hydrogen-bond donors (Lipinski definition) is 1. The molecule has 6 nitrogen and oxygen atoms in total. The van der Waals surface area contributed by atoms with E-state index in [1.54, 1.807) is 24.3 Å². The summed E-state index contributed by atoms with van der Waals surface area (Å²) in [4.78, 5) is 39.3. The lowest BCUT2D eigenvalue weighted by Gasteiger charge is -2.53. The van der Waals surface area contributed by atoms with Gasteiger partial charge in [-0.1, -0.05) is 57.0 Å². The van der Waals surface area contributed by atoms with Crippen molar-refractivity contribution in [1.29, 1.82) is 0 Å². The lowest BCUT2D eigenvalue weighted by molar-refractivity contribution is -0.191. The zero-order chi connectivity index (χ0) is 24.2. The van der Waals surface area contributed by atoms with Gasteiger partial charge in [0.1, 0.15) is 11.2 Å². The van der Waals surface area contributed by atoms with Gasteiger partial charge >= 0.3 is 6.03 Å².